The summed E-state index contributed by atoms with van der Waals surface area (Å²) >= 11 is 12.2. The summed E-state index contributed by atoms with van der Waals surface area (Å²) in [6.07, 6.45) is 2.98. The molecular weight excluding hydrogens is 297 g/mol. The highest BCUT2D eigenvalue weighted by atomic mass is 35.5. The number of nitrogens with one attached hydrogen (secondary N) is 1. The van der Waals surface area contributed by atoms with E-state index in [1.165, 1.54) is 0 Å². The van der Waals surface area contributed by atoms with Crippen LogP contribution in [0.2, 0.25) is 10.0 Å². The van der Waals surface area contributed by atoms with Crippen LogP contribution in [-0.2, 0) is 15.1 Å². The Kier molecular flexibility index (Phi) is 6.12. The molecule has 1 unspecified atom stereocenters. The molecule has 1 aliphatic rings. The van der Waals surface area contributed by atoms with Crippen LogP contribution in [0.1, 0.15) is 24.8 Å². The molecule has 1 saturated heterocycles. The highest BCUT2D eigenvalue weighted by molar-refractivity contribution is 6.42. The van der Waals surface area contributed by atoms with E-state index in [1.807, 2.05) is 18.2 Å². The fourth-order valence-electron chi connectivity index (χ4n) is 2.66. The molecule has 0 bridgehead atoms. The van der Waals surface area contributed by atoms with E-state index < -0.39 is 0 Å². The van der Waals surface area contributed by atoms with Crippen molar-refractivity contribution in [2.75, 3.05) is 33.4 Å². The zero-order chi connectivity index (χ0) is 14.4. The van der Waals surface area contributed by atoms with Gasteiger partial charge in [-0.2, -0.15) is 0 Å². The second kappa shape index (κ2) is 7.62. The summed E-state index contributed by atoms with van der Waals surface area (Å²) in [6, 6.07) is 5.80. The molecule has 0 aromatic heterocycles. The molecule has 1 aliphatic heterocycles. The van der Waals surface area contributed by atoms with E-state index in [-0.39, 0.29) is 5.60 Å². The topological polar surface area (TPSA) is 30.5 Å². The van der Waals surface area contributed by atoms with Crippen LogP contribution >= 0.6 is 23.2 Å². The monoisotopic (exact) mass is 317 g/mol. The Bertz CT molecular complexity index is 432. The van der Waals surface area contributed by atoms with Crippen molar-refractivity contribution in [2.24, 2.45) is 0 Å². The molecule has 0 aliphatic carbocycles. The largest absolute Gasteiger partial charge is 0.382 e. The average molecular weight is 318 g/mol. The summed E-state index contributed by atoms with van der Waals surface area (Å²) in [4.78, 5) is 0. The summed E-state index contributed by atoms with van der Waals surface area (Å²) in [7, 11) is 1.68. The summed E-state index contributed by atoms with van der Waals surface area (Å²) in [5.74, 6) is 0. The molecule has 0 saturated carbocycles. The third kappa shape index (κ3) is 3.86. The first-order valence-electron chi connectivity index (χ1n) is 6.97. The fraction of sp³-hybridized carbons (Fsp3) is 0.600. The van der Waals surface area contributed by atoms with Crippen LogP contribution in [0.5, 0.6) is 0 Å². The Balaban J connectivity index is 2.25. The molecule has 0 amide bonds. The molecule has 112 valence electrons. The van der Waals surface area contributed by atoms with Crippen molar-refractivity contribution < 1.29 is 9.47 Å². The molecular formula is C15H21Cl2NO2. The minimum Gasteiger partial charge on any atom is -0.382 e. The molecule has 1 atom stereocenters. The molecule has 5 heteroatoms. The van der Waals surface area contributed by atoms with Gasteiger partial charge in [0.25, 0.3) is 0 Å². The SMILES string of the molecule is COCCOC1(c2ccc(Cl)c(Cl)c2)CCCNCC1. The summed E-state index contributed by atoms with van der Waals surface area (Å²) in [6.45, 7) is 3.14. The van der Waals surface area contributed by atoms with Crippen LogP contribution in [0.15, 0.2) is 18.2 Å². The lowest BCUT2D eigenvalue weighted by molar-refractivity contribution is -0.0756. The van der Waals surface area contributed by atoms with Crippen LogP contribution in [0.25, 0.3) is 0 Å². The van der Waals surface area contributed by atoms with Gasteiger partial charge in [-0.15, -0.1) is 0 Å². The lowest BCUT2D eigenvalue weighted by atomic mass is 9.86. The smallest absolute Gasteiger partial charge is 0.0945 e. The maximum atomic E-state index is 6.21. The van der Waals surface area contributed by atoms with Crippen LogP contribution in [-0.4, -0.2) is 33.4 Å². The molecule has 0 spiro atoms. The van der Waals surface area contributed by atoms with Crippen molar-refractivity contribution in [1.29, 1.82) is 0 Å². The van der Waals surface area contributed by atoms with E-state index in [4.69, 9.17) is 32.7 Å². The minimum absolute atomic E-state index is 0.295. The van der Waals surface area contributed by atoms with Crippen molar-refractivity contribution in [2.45, 2.75) is 24.9 Å². The van der Waals surface area contributed by atoms with Crippen molar-refractivity contribution in [3.05, 3.63) is 33.8 Å². The molecule has 1 aromatic carbocycles. The number of hydrogen-bond donors (Lipinski definition) is 1. The predicted molar refractivity (Wildman–Crippen MR) is 82.7 cm³/mol. The van der Waals surface area contributed by atoms with Crippen LogP contribution in [0.4, 0.5) is 0 Å². The molecule has 1 N–H and O–H groups in total. The highest BCUT2D eigenvalue weighted by Gasteiger charge is 2.34. The van der Waals surface area contributed by atoms with Gasteiger partial charge >= 0.3 is 0 Å². The van der Waals surface area contributed by atoms with Crippen molar-refractivity contribution in [3.8, 4) is 0 Å². The van der Waals surface area contributed by atoms with E-state index in [0.717, 1.165) is 37.9 Å². The Morgan fingerprint density at radius 1 is 1.15 bits per heavy atom. The van der Waals surface area contributed by atoms with Crippen LogP contribution in [0, 0.1) is 0 Å². The second-order valence-electron chi connectivity index (χ2n) is 5.07. The number of hydrogen-bond acceptors (Lipinski definition) is 3. The van der Waals surface area contributed by atoms with Crippen molar-refractivity contribution in [3.63, 3.8) is 0 Å². The molecule has 1 fully saturated rings. The predicted octanol–water partition coefficient (Wildman–Crippen LogP) is 3.63. The van der Waals surface area contributed by atoms with E-state index in [1.54, 1.807) is 7.11 Å². The summed E-state index contributed by atoms with van der Waals surface area (Å²) in [5, 5.41) is 4.58. The second-order valence-corrected chi connectivity index (χ2v) is 5.88. The number of ether oxygens (including phenoxy) is 2. The summed E-state index contributed by atoms with van der Waals surface area (Å²) < 4.78 is 11.3. The first-order valence-corrected chi connectivity index (χ1v) is 7.73. The Labute approximate surface area is 130 Å². The number of halogens is 2. The van der Waals surface area contributed by atoms with Crippen LogP contribution < -0.4 is 5.32 Å². The molecule has 3 nitrogen and oxygen atoms in total. The van der Waals surface area contributed by atoms with Gasteiger partial charge in [-0.25, -0.2) is 0 Å². The van der Waals surface area contributed by atoms with Gasteiger partial charge in [0.05, 0.1) is 28.9 Å². The van der Waals surface area contributed by atoms with Gasteiger partial charge in [-0.1, -0.05) is 29.3 Å². The fourth-order valence-corrected chi connectivity index (χ4v) is 2.95. The van der Waals surface area contributed by atoms with Gasteiger partial charge in [-0.3, -0.25) is 0 Å². The molecule has 1 aromatic rings. The molecule has 1 heterocycles. The third-order valence-corrected chi connectivity index (χ3v) is 4.49. The standard InChI is InChI=1S/C15H21Cl2NO2/c1-19-9-10-20-15(5-2-7-18-8-6-15)12-3-4-13(16)14(17)11-12/h3-4,11,18H,2,5-10H2,1H3. The quantitative estimate of drug-likeness (QED) is 0.841. The van der Waals surface area contributed by atoms with Gasteiger partial charge in [0.15, 0.2) is 0 Å². The zero-order valence-electron chi connectivity index (χ0n) is 11.8. The lowest BCUT2D eigenvalue weighted by Crippen LogP contribution is -2.32. The lowest BCUT2D eigenvalue weighted by Gasteiger charge is -2.33. The Morgan fingerprint density at radius 3 is 2.75 bits per heavy atom. The first-order chi connectivity index (χ1) is 9.68. The average Bonchev–Trinajstić information content (AvgIpc) is 2.69. The number of methoxy groups -OCH3 is 1. The zero-order valence-corrected chi connectivity index (χ0v) is 13.3. The van der Waals surface area contributed by atoms with E-state index >= 15 is 0 Å². The highest BCUT2D eigenvalue weighted by Crippen LogP contribution is 2.38. The van der Waals surface area contributed by atoms with Gasteiger partial charge < -0.3 is 14.8 Å². The Morgan fingerprint density at radius 2 is 2.00 bits per heavy atom. The number of rotatable bonds is 5. The van der Waals surface area contributed by atoms with E-state index in [2.05, 4.69) is 5.32 Å². The van der Waals surface area contributed by atoms with Crippen molar-refractivity contribution in [1.82, 2.24) is 5.32 Å². The van der Waals surface area contributed by atoms with Gasteiger partial charge in [0, 0.05) is 7.11 Å². The Hall–Kier alpha value is -0.320. The van der Waals surface area contributed by atoms with Gasteiger partial charge in [0.1, 0.15) is 0 Å². The molecule has 0 radical (unpaired) electrons. The van der Waals surface area contributed by atoms with Crippen LogP contribution in [0.3, 0.4) is 0 Å². The molecule has 20 heavy (non-hydrogen) atoms. The minimum atomic E-state index is -0.295. The van der Waals surface area contributed by atoms with E-state index in [9.17, 15) is 0 Å². The third-order valence-electron chi connectivity index (χ3n) is 3.75. The molecule has 2 rings (SSSR count). The normalized spacial score (nSPS) is 23.6. The summed E-state index contributed by atoms with van der Waals surface area (Å²) in [5.41, 5.74) is 0.808. The van der Waals surface area contributed by atoms with Gasteiger partial charge in [0.2, 0.25) is 0 Å². The van der Waals surface area contributed by atoms with E-state index in [0.29, 0.717) is 23.3 Å². The first kappa shape index (κ1) is 16.1. The maximum Gasteiger partial charge on any atom is 0.0945 e. The van der Waals surface area contributed by atoms with Gasteiger partial charge in [-0.05, 0) is 50.0 Å². The maximum absolute atomic E-state index is 6.21. The van der Waals surface area contributed by atoms with Crippen molar-refractivity contribution >= 4 is 23.2 Å². The number of benzene rings is 1.